The third-order valence-corrected chi connectivity index (χ3v) is 3.05. The van der Waals surface area contributed by atoms with Crippen LogP contribution in [0.2, 0.25) is 0 Å². The molecule has 1 saturated heterocycles. The molecule has 1 heterocycles. The van der Waals surface area contributed by atoms with E-state index in [1.54, 1.807) is 4.90 Å². The first kappa shape index (κ1) is 16.2. The predicted octanol–water partition coefficient (Wildman–Crippen LogP) is 1.75. The molecule has 0 spiro atoms. The van der Waals surface area contributed by atoms with Crippen LogP contribution < -0.4 is 5.32 Å². The van der Waals surface area contributed by atoms with Crippen LogP contribution in [0.5, 0.6) is 0 Å². The molecule has 2 N–H and O–H groups in total. The van der Waals surface area contributed by atoms with Gasteiger partial charge in [0.1, 0.15) is 5.60 Å². The van der Waals surface area contributed by atoms with Gasteiger partial charge in [0.05, 0.1) is 0 Å². The standard InChI is InChI=1S/C14H28N2O3/c1-14(2,3)19-13(18)16-10-12(11-16)15-8-6-4-5-7-9-17/h12,15,17H,4-11H2,1-3H3. The Balaban J connectivity index is 1.99. The highest BCUT2D eigenvalue weighted by atomic mass is 16.6. The predicted molar refractivity (Wildman–Crippen MR) is 75.2 cm³/mol. The molecule has 0 aromatic carbocycles. The summed E-state index contributed by atoms with van der Waals surface area (Å²) in [6.07, 6.45) is 4.05. The van der Waals surface area contributed by atoms with E-state index in [4.69, 9.17) is 9.84 Å². The van der Waals surface area contributed by atoms with Crippen molar-refractivity contribution in [1.82, 2.24) is 10.2 Å². The Hall–Kier alpha value is -0.810. The molecule has 0 radical (unpaired) electrons. The van der Waals surface area contributed by atoms with Gasteiger partial charge in [-0.15, -0.1) is 0 Å². The van der Waals surface area contributed by atoms with Gasteiger partial charge in [-0.1, -0.05) is 12.8 Å². The van der Waals surface area contributed by atoms with Crippen LogP contribution in [0.3, 0.4) is 0 Å². The summed E-state index contributed by atoms with van der Waals surface area (Å²) >= 11 is 0. The van der Waals surface area contributed by atoms with Crippen molar-refractivity contribution in [2.75, 3.05) is 26.2 Å². The van der Waals surface area contributed by atoms with Crippen molar-refractivity contribution in [3.63, 3.8) is 0 Å². The van der Waals surface area contributed by atoms with Crippen molar-refractivity contribution in [1.29, 1.82) is 0 Å². The first-order valence-corrected chi connectivity index (χ1v) is 7.24. The van der Waals surface area contributed by atoms with Gasteiger partial charge in [0.15, 0.2) is 0 Å². The van der Waals surface area contributed by atoms with Gasteiger partial charge in [-0.05, 0) is 40.2 Å². The van der Waals surface area contributed by atoms with Gasteiger partial charge in [-0.25, -0.2) is 4.79 Å². The quantitative estimate of drug-likeness (QED) is 0.693. The highest BCUT2D eigenvalue weighted by Crippen LogP contribution is 2.15. The third kappa shape index (κ3) is 6.78. The maximum Gasteiger partial charge on any atom is 0.410 e. The Labute approximate surface area is 116 Å². The average Bonchev–Trinajstić information content (AvgIpc) is 2.22. The van der Waals surface area contributed by atoms with Gasteiger partial charge in [0.2, 0.25) is 0 Å². The minimum Gasteiger partial charge on any atom is -0.444 e. The van der Waals surface area contributed by atoms with Crippen LogP contribution in [0.15, 0.2) is 0 Å². The summed E-state index contributed by atoms with van der Waals surface area (Å²) in [4.78, 5) is 13.4. The molecule has 0 unspecified atom stereocenters. The first-order chi connectivity index (χ1) is 8.92. The van der Waals surface area contributed by atoms with Crippen LogP contribution in [0.4, 0.5) is 4.79 Å². The number of rotatable bonds is 7. The molecule has 0 atom stereocenters. The Morgan fingerprint density at radius 1 is 1.26 bits per heavy atom. The number of carbonyl (C=O) groups excluding carboxylic acids is 1. The van der Waals surface area contributed by atoms with Gasteiger partial charge in [-0.2, -0.15) is 0 Å². The van der Waals surface area contributed by atoms with Crippen LogP contribution in [0.1, 0.15) is 46.5 Å². The molecule has 5 nitrogen and oxygen atoms in total. The number of amides is 1. The largest absolute Gasteiger partial charge is 0.444 e. The van der Waals surface area contributed by atoms with Gasteiger partial charge >= 0.3 is 6.09 Å². The van der Waals surface area contributed by atoms with Crippen molar-refractivity contribution in [3.8, 4) is 0 Å². The molecule has 19 heavy (non-hydrogen) atoms. The Morgan fingerprint density at radius 2 is 1.89 bits per heavy atom. The zero-order valence-corrected chi connectivity index (χ0v) is 12.4. The highest BCUT2D eigenvalue weighted by Gasteiger charge is 2.32. The number of hydrogen-bond acceptors (Lipinski definition) is 4. The van der Waals surface area contributed by atoms with Crippen molar-refractivity contribution >= 4 is 6.09 Å². The molecule has 0 bridgehead atoms. The van der Waals surface area contributed by atoms with E-state index in [0.717, 1.165) is 45.3 Å². The van der Waals surface area contributed by atoms with E-state index in [2.05, 4.69) is 5.32 Å². The minimum absolute atomic E-state index is 0.214. The molecule has 0 aliphatic carbocycles. The lowest BCUT2D eigenvalue weighted by molar-refractivity contribution is 0.00535. The van der Waals surface area contributed by atoms with Crippen molar-refractivity contribution in [2.24, 2.45) is 0 Å². The van der Waals surface area contributed by atoms with Gasteiger partial charge < -0.3 is 20.1 Å². The number of nitrogens with one attached hydrogen (secondary N) is 1. The van der Waals surface area contributed by atoms with Crippen LogP contribution in [0, 0.1) is 0 Å². The van der Waals surface area contributed by atoms with E-state index in [9.17, 15) is 4.79 Å². The number of carbonyl (C=O) groups is 1. The fourth-order valence-electron chi connectivity index (χ4n) is 1.98. The van der Waals surface area contributed by atoms with E-state index in [-0.39, 0.29) is 6.09 Å². The Bertz CT molecular complexity index is 270. The first-order valence-electron chi connectivity index (χ1n) is 7.24. The SMILES string of the molecule is CC(C)(C)OC(=O)N1CC(NCCCCCCO)C1. The number of ether oxygens (including phenoxy) is 1. The molecule has 1 aliphatic heterocycles. The molecule has 0 saturated carbocycles. The topological polar surface area (TPSA) is 61.8 Å². The third-order valence-electron chi connectivity index (χ3n) is 3.05. The molecular weight excluding hydrogens is 244 g/mol. The lowest BCUT2D eigenvalue weighted by Gasteiger charge is -2.40. The molecule has 1 fully saturated rings. The molecule has 1 amide bonds. The zero-order chi connectivity index (χ0) is 14.3. The minimum atomic E-state index is -0.414. The number of nitrogens with zero attached hydrogens (tertiary/aromatic N) is 1. The number of likely N-dealkylation sites (tertiary alicyclic amines) is 1. The van der Waals surface area contributed by atoms with E-state index in [1.807, 2.05) is 20.8 Å². The summed E-state index contributed by atoms with van der Waals surface area (Å²) in [5, 5.41) is 12.1. The summed E-state index contributed by atoms with van der Waals surface area (Å²) in [6.45, 7) is 8.41. The molecule has 112 valence electrons. The smallest absolute Gasteiger partial charge is 0.410 e. The summed E-state index contributed by atoms with van der Waals surface area (Å²) in [5.41, 5.74) is -0.414. The van der Waals surface area contributed by atoms with Gasteiger partial charge in [0, 0.05) is 25.7 Å². The van der Waals surface area contributed by atoms with E-state index >= 15 is 0 Å². The summed E-state index contributed by atoms with van der Waals surface area (Å²) in [6, 6.07) is 0.408. The fraction of sp³-hybridized carbons (Fsp3) is 0.929. The molecule has 1 rings (SSSR count). The number of unbranched alkanes of at least 4 members (excludes halogenated alkanes) is 3. The monoisotopic (exact) mass is 272 g/mol. The summed E-state index contributed by atoms with van der Waals surface area (Å²) in [7, 11) is 0. The second kappa shape index (κ2) is 7.70. The van der Waals surface area contributed by atoms with E-state index in [1.165, 1.54) is 0 Å². The number of aliphatic hydroxyl groups excluding tert-OH is 1. The maximum atomic E-state index is 11.7. The van der Waals surface area contributed by atoms with Crippen molar-refractivity contribution in [3.05, 3.63) is 0 Å². The maximum absolute atomic E-state index is 11.7. The summed E-state index contributed by atoms with van der Waals surface area (Å²) in [5.74, 6) is 0. The zero-order valence-electron chi connectivity index (χ0n) is 12.4. The Morgan fingerprint density at radius 3 is 2.47 bits per heavy atom. The van der Waals surface area contributed by atoms with E-state index in [0.29, 0.717) is 12.6 Å². The summed E-state index contributed by atoms with van der Waals surface area (Å²) < 4.78 is 5.30. The lowest BCUT2D eigenvalue weighted by atomic mass is 10.1. The van der Waals surface area contributed by atoms with Gasteiger partial charge in [-0.3, -0.25) is 0 Å². The van der Waals surface area contributed by atoms with Crippen molar-refractivity contribution in [2.45, 2.75) is 58.1 Å². The molecule has 1 aliphatic rings. The van der Waals surface area contributed by atoms with Crippen LogP contribution in [0.25, 0.3) is 0 Å². The van der Waals surface area contributed by atoms with Crippen LogP contribution in [-0.2, 0) is 4.74 Å². The molecular formula is C14H28N2O3. The Kier molecular flexibility index (Phi) is 6.58. The molecule has 5 heteroatoms. The molecule has 0 aromatic heterocycles. The second-order valence-corrected chi connectivity index (χ2v) is 6.17. The van der Waals surface area contributed by atoms with Gasteiger partial charge in [0.25, 0.3) is 0 Å². The van der Waals surface area contributed by atoms with Crippen molar-refractivity contribution < 1.29 is 14.6 Å². The van der Waals surface area contributed by atoms with Crippen LogP contribution in [-0.4, -0.2) is 54.0 Å². The van der Waals surface area contributed by atoms with E-state index < -0.39 is 5.60 Å². The lowest BCUT2D eigenvalue weighted by Crippen LogP contribution is -2.60. The number of hydrogen-bond donors (Lipinski definition) is 2. The molecule has 0 aromatic rings. The van der Waals surface area contributed by atoms with Crippen LogP contribution >= 0.6 is 0 Å². The highest BCUT2D eigenvalue weighted by molar-refractivity contribution is 5.69. The second-order valence-electron chi connectivity index (χ2n) is 6.17. The normalized spacial score (nSPS) is 16.3. The fourth-order valence-corrected chi connectivity index (χ4v) is 1.98. The average molecular weight is 272 g/mol. The number of aliphatic hydroxyl groups is 1.